The van der Waals surface area contributed by atoms with Gasteiger partial charge in [0.05, 0.1) is 13.7 Å². The predicted octanol–water partition coefficient (Wildman–Crippen LogP) is 3.80. The van der Waals surface area contributed by atoms with Gasteiger partial charge in [0.2, 0.25) is 4.77 Å². The van der Waals surface area contributed by atoms with Crippen molar-refractivity contribution in [2.45, 2.75) is 26.3 Å². The van der Waals surface area contributed by atoms with E-state index in [9.17, 15) is 0 Å². The highest BCUT2D eigenvalue weighted by Crippen LogP contribution is 2.28. The molecule has 0 aliphatic heterocycles. The maximum absolute atomic E-state index is 5.53. The molecule has 0 radical (unpaired) electrons. The van der Waals surface area contributed by atoms with Crippen LogP contribution < -0.4 is 10.2 Å². The number of fused-ring (bicyclic) bond motifs is 1. The molecule has 3 rings (SSSR count). The van der Waals surface area contributed by atoms with Gasteiger partial charge < -0.3 is 10.2 Å². The van der Waals surface area contributed by atoms with Gasteiger partial charge in [-0.25, -0.2) is 4.68 Å². The Morgan fingerprint density at radius 1 is 1.26 bits per heavy atom. The van der Waals surface area contributed by atoms with Crippen LogP contribution in [0.3, 0.4) is 0 Å². The molecule has 0 aliphatic carbocycles. The Kier molecular flexibility index (Phi) is 4.62. The first kappa shape index (κ1) is 15.6. The Hall–Kier alpha value is -2.34. The SMILES string of the molecule is CCCc1n[nH]c(=S)n1NCc1c(OC)ccc2ccccc12. The second kappa shape index (κ2) is 6.83. The molecule has 0 amide bonds. The van der Waals surface area contributed by atoms with Crippen LogP contribution >= 0.6 is 12.2 Å². The van der Waals surface area contributed by atoms with Gasteiger partial charge in [0, 0.05) is 12.0 Å². The molecule has 2 N–H and O–H groups in total. The second-order valence-electron chi connectivity index (χ2n) is 5.33. The second-order valence-corrected chi connectivity index (χ2v) is 5.72. The molecule has 1 aromatic heterocycles. The van der Waals surface area contributed by atoms with Crippen molar-refractivity contribution in [1.29, 1.82) is 0 Å². The molecule has 0 saturated heterocycles. The topological polar surface area (TPSA) is 54.9 Å². The Balaban J connectivity index is 1.96. The van der Waals surface area contributed by atoms with E-state index in [1.807, 2.05) is 22.9 Å². The van der Waals surface area contributed by atoms with Gasteiger partial charge in [-0.05, 0) is 35.5 Å². The third-order valence-corrected chi connectivity index (χ3v) is 4.12. The average molecular weight is 328 g/mol. The summed E-state index contributed by atoms with van der Waals surface area (Å²) in [6.45, 7) is 2.73. The van der Waals surface area contributed by atoms with Crippen LogP contribution in [0.4, 0.5) is 0 Å². The number of hydrogen-bond acceptors (Lipinski definition) is 4. The molecule has 0 unspecified atom stereocenters. The number of aromatic nitrogens is 3. The lowest BCUT2D eigenvalue weighted by molar-refractivity contribution is 0.410. The maximum atomic E-state index is 5.53. The summed E-state index contributed by atoms with van der Waals surface area (Å²) in [4.78, 5) is 0. The van der Waals surface area contributed by atoms with E-state index in [4.69, 9.17) is 17.0 Å². The minimum Gasteiger partial charge on any atom is -0.496 e. The fraction of sp³-hybridized carbons (Fsp3) is 0.294. The first-order valence-corrected chi connectivity index (χ1v) is 8.10. The fourth-order valence-corrected chi connectivity index (χ4v) is 2.95. The minimum absolute atomic E-state index is 0.577. The van der Waals surface area contributed by atoms with E-state index in [0.29, 0.717) is 11.3 Å². The first-order valence-electron chi connectivity index (χ1n) is 7.69. The van der Waals surface area contributed by atoms with Crippen LogP contribution in [0.2, 0.25) is 0 Å². The van der Waals surface area contributed by atoms with E-state index in [0.717, 1.165) is 30.0 Å². The summed E-state index contributed by atoms with van der Waals surface area (Å²) in [6.07, 6.45) is 1.88. The van der Waals surface area contributed by atoms with Gasteiger partial charge in [-0.15, -0.1) is 0 Å². The normalized spacial score (nSPS) is 10.9. The molecule has 0 fully saturated rings. The number of ether oxygens (including phenoxy) is 1. The van der Waals surface area contributed by atoms with Crippen molar-refractivity contribution in [3.05, 3.63) is 52.6 Å². The number of rotatable bonds is 6. The van der Waals surface area contributed by atoms with E-state index < -0.39 is 0 Å². The van der Waals surface area contributed by atoms with Gasteiger partial charge in [0.1, 0.15) is 5.75 Å². The van der Waals surface area contributed by atoms with E-state index in [1.54, 1.807) is 7.11 Å². The summed E-state index contributed by atoms with van der Waals surface area (Å²) >= 11 is 5.31. The summed E-state index contributed by atoms with van der Waals surface area (Å²) in [5.41, 5.74) is 4.48. The molecule has 0 aliphatic rings. The summed E-state index contributed by atoms with van der Waals surface area (Å²) in [5, 5.41) is 9.48. The van der Waals surface area contributed by atoms with Crippen molar-refractivity contribution < 1.29 is 4.74 Å². The number of benzene rings is 2. The number of nitrogens with one attached hydrogen (secondary N) is 2. The summed E-state index contributed by atoms with van der Waals surface area (Å²) in [5.74, 6) is 1.78. The Morgan fingerprint density at radius 3 is 2.87 bits per heavy atom. The molecule has 2 aromatic carbocycles. The summed E-state index contributed by atoms with van der Waals surface area (Å²) in [6, 6.07) is 12.4. The molecule has 1 heterocycles. The third kappa shape index (κ3) is 3.07. The molecular formula is C17H20N4OS. The van der Waals surface area contributed by atoms with E-state index in [2.05, 4.69) is 40.7 Å². The molecule has 0 bridgehead atoms. The largest absolute Gasteiger partial charge is 0.496 e. The van der Waals surface area contributed by atoms with Crippen molar-refractivity contribution in [2.24, 2.45) is 0 Å². The molecular weight excluding hydrogens is 308 g/mol. The van der Waals surface area contributed by atoms with Gasteiger partial charge in [0.15, 0.2) is 5.82 Å². The first-order chi connectivity index (χ1) is 11.2. The van der Waals surface area contributed by atoms with Crippen molar-refractivity contribution in [3.63, 3.8) is 0 Å². The van der Waals surface area contributed by atoms with Crippen LogP contribution in [0.1, 0.15) is 24.7 Å². The molecule has 0 spiro atoms. The average Bonchev–Trinajstić information content (AvgIpc) is 2.93. The smallest absolute Gasteiger partial charge is 0.214 e. The van der Waals surface area contributed by atoms with Crippen molar-refractivity contribution in [2.75, 3.05) is 12.5 Å². The van der Waals surface area contributed by atoms with Crippen LogP contribution in [-0.4, -0.2) is 22.0 Å². The van der Waals surface area contributed by atoms with Gasteiger partial charge in [-0.1, -0.05) is 37.3 Å². The highest BCUT2D eigenvalue weighted by molar-refractivity contribution is 7.71. The molecule has 6 heteroatoms. The number of methoxy groups -OCH3 is 1. The molecule has 120 valence electrons. The lowest BCUT2D eigenvalue weighted by Crippen LogP contribution is -2.18. The lowest BCUT2D eigenvalue weighted by Gasteiger charge is -2.15. The lowest BCUT2D eigenvalue weighted by atomic mass is 10.0. The maximum Gasteiger partial charge on any atom is 0.214 e. The Labute approximate surface area is 140 Å². The zero-order chi connectivity index (χ0) is 16.2. The standard InChI is InChI=1S/C17H20N4OS/c1-3-6-16-19-20-17(23)21(16)18-11-14-13-8-5-4-7-12(13)9-10-15(14)22-2/h4-5,7-10,18H,3,6,11H2,1-2H3,(H,20,23). The number of aryl methyl sites for hydroxylation is 1. The quantitative estimate of drug-likeness (QED) is 0.676. The van der Waals surface area contributed by atoms with Crippen molar-refractivity contribution in [1.82, 2.24) is 14.9 Å². The third-order valence-electron chi connectivity index (χ3n) is 3.85. The molecule has 5 nitrogen and oxygen atoms in total. The highest BCUT2D eigenvalue weighted by Gasteiger charge is 2.10. The van der Waals surface area contributed by atoms with Crippen LogP contribution in [0.15, 0.2) is 36.4 Å². The summed E-state index contributed by atoms with van der Waals surface area (Å²) in [7, 11) is 1.69. The minimum atomic E-state index is 0.577. The number of hydrogen-bond donors (Lipinski definition) is 2. The van der Waals surface area contributed by atoms with E-state index >= 15 is 0 Å². The molecule has 3 aromatic rings. The monoisotopic (exact) mass is 328 g/mol. The summed E-state index contributed by atoms with van der Waals surface area (Å²) < 4.78 is 7.96. The van der Waals surface area contributed by atoms with Crippen LogP contribution in [0.25, 0.3) is 10.8 Å². The van der Waals surface area contributed by atoms with Gasteiger partial charge in [-0.3, -0.25) is 5.10 Å². The zero-order valence-electron chi connectivity index (χ0n) is 13.3. The molecule has 0 atom stereocenters. The Morgan fingerprint density at radius 2 is 2.09 bits per heavy atom. The van der Waals surface area contributed by atoms with Crippen LogP contribution in [-0.2, 0) is 13.0 Å². The Bertz CT molecular complexity index is 868. The van der Waals surface area contributed by atoms with E-state index in [-0.39, 0.29) is 0 Å². The van der Waals surface area contributed by atoms with Gasteiger partial charge in [-0.2, -0.15) is 5.10 Å². The number of H-pyrrole nitrogens is 1. The highest BCUT2D eigenvalue weighted by atomic mass is 32.1. The fourth-order valence-electron chi connectivity index (χ4n) is 2.73. The van der Waals surface area contributed by atoms with Gasteiger partial charge in [0.25, 0.3) is 0 Å². The van der Waals surface area contributed by atoms with Crippen molar-refractivity contribution in [3.8, 4) is 5.75 Å². The molecule has 0 saturated carbocycles. The number of aromatic amines is 1. The van der Waals surface area contributed by atoms with Crippen LogP contribution in [0.5, 0.6) is 5.75 Å². The molecule has 23 heavy (non-hydrogen) atoms. The van der Waals surface area contributed by atoms with Gasteiger partial charge >= 0.3 is 0 Å². The predicted molar refractivity (Wildman–Crippen MR) is 95.0 cm³/mol. The van der Waals surface area contributed by atoms with Crippen LogP contribution in [0, 0.1) is 4.77 Å². The van der Waals surface area contributed by atoms with Crippen molar-refractivity contribution >= 4 is 23.0 Å². The van der Waals surface area contributed by atoms with E-state index in [1.165, 1.54) is 10.8 Å². The number of nitrogens with zero attached hydrogens (tertiary/aromatic N) is 2. The zero-order valence-corrected chi connectivity index (χ0v) is 14.1.